The smallest absolute Gasteiger partial charge is 0.306 e. The average molecular weight is 218 g/mol. The molecule has 0 bridgehead atoms. The lowest BCUT2D eigenvalue weighted by atomic mass is 10.2. The van der Waals surface area contributed by atoms with Crippen LogP contribution in [0.1, 0.15) is 31.7 Å². The van der Waals surface area contributed by atoms with Crippen molar-refractivity contribution in [1.82, 2.24) is 0 Å². The SMILES string of the molecule is CC/C=C\c1ccccc1.O=C(O)C1CC1. The molecular weight excluding hydrogens is 200 g/mol. The quantitative estimate of drug-likeness (QED) is 0.841. The number of aliphatic carboxylic acids is 1. The third kappa shape index (κ3) is 5.35. The molecule has 1 aromatic rings. The van der Waals surface area contributed by atoms with E-state index in [9.17, 15) is 4.79 Å². The lowest BCUT2D eigenvalue weighted by Crippen LogP contribution is -1.94. The van der Waals surface area contributed by atoms with E-state index in [1.54, 1.807) is 0 Å². The van der Waals surface area contributed by atoms with E-state index >= 15 is 0 Å². The fourth-order valence-electron chi connectivity index (χ4n) is 1.15. The second kappa shape index (κ2) is 6.83. The Bertz CT molecular complexity index is 337. The predicted molar refractivity (Wildman–Crippen MR) is 66.1 cm³/mol. The van der Waals surface area contributed by atoms with Crippen LogP contribution in [0.3, 0.4) is 0 Å². The molecule has 0 spiro atoms. The largest absolute Gasteiger partial charge is 0.481 e. The zero-order valence-electron chi connectivity index (χ0n) is 9.60. The van der Waals surface area contributed by atoms with Gasteiger partial charge in [-0.25, -0.2) is 0 Å². The van der Waals surface area contributed by atoms with Crippen molar-refractivity contribution in [1.29, 1.82) is 0 Å². The molecule has 0 aromatic heterocycles. The third-order valence-electron chi connectivity index (χ3n) is 2.27. The third-order valence-corrected chi connectivity index (χ3v) is 2.27. The van der Waals surface area contributed by atoms with E-state index in [2.05, 4.69) is 43.3 Å². The summed E-state index contributed by atoms with van der Waals surface area (Å²) in [6, 6.07) is 10.3. The molecule has 1 fully saturated rings. The molecule has 0 aliphatic heterocycles. The van der Waals surface area contributed by atoms with Crippen molar-refractivity contribution in [2.45, 2.75) is 26.2 Å². The molecule has 0 amide bonds. The fourth-order valence-corrected chi connectivity index (χ4v) is 1.15. The Morgan fingerprint density at radius 2 is 2.00 bits per heavy atom. The Balaban J connectivity index is 0.000000181. The highest BCUT2D eigenvalue weighted by atomic mass is 16.4. The van der Waals surface area contributed by atoms with Crippen molar-refractivity contribution in [2.75, 3.05) is 0 Å². The minimum atomic E-state index is -0.630. The van der Waals surface area contributed by atoms with E-state index in [4.69, 9.17) is 5.11 Å². The summed E-state index contributed by atoms with van der Waals surface area (Å²) in [5.41, 5.74) is 1.28. The number of allylic oxidation sites excluding steroid dienone is 1. The van der Waals surface area contributed by atoms with Gasteiger partial charge in [0.1, 0.15) is 0 Å². The zero-order chi connectivity index (χ0) is 11.8. The molecule has 86 valence electrons. The van der Waals surface area contributed by atoms with Gasteiger partial charge in [-0.3, -0.25) is 4.79 Å². The van der Waals surface area contributed by atoms with E-state index < -0.39 is 5.97 Å². The van der Waals surface area contributed by atoms with Crippen LogP contribution >= 0.6 is 0 Å². The summed E-state index contributed by atoms with van der Waals surface area (Å²) in [5, 5.41) is 8.05. The monoisotopic (exact) mass is 218 g/mol. The van der Waals surface area contributed by atoms with Gasteiger partial charge in [-0.15, -0.1) is 0 Å². The first-order valence-electron chi connectivity index (χ1n) is 5.68. The molecule has 2 heteroatoms. The molecule has 0 unspecified atom stereocenters. The van der Waals surface area contributed by atoms with E-state index in [0.29, 0.717) is 0 Å². The van der Waals surface area contributed by atoms with Gasteiger partial charge in [0.2, 0.25) is 0 Å². The molecule has 2 nitrogen and oxygen atoms in total. The van der Waals surface area contributed by atoms with Crippen LogP contribution in [0.25, 0.3) is 6.08 Å². The number of carboxylic acid groups (broad SMARTS) is 1. The van der Waals surface area contributed by atoms with Gasteiger partial charge in [0.05, 0.1) is 5.92 Å². The summed E-state index contributed by atoms with van der Waals surface area (Å²) >= 11 is 0. The molecule has 1 aliphatic carbocycles. The van der Waals surface area contributed by atoms with Crippen LogP contribution in [0.15, 0.2) is 36.4 Å². The van der Waals surface area contributed by atoms with E-state index in [0.717, 1.165) is 19.3 Å². The first-order valence-corrected chi connectivity index (χ1v) is 5.68. The van der Waals surface area contributed by atoms with Gasteiger partial charge in [0.25, 0.3) is 0 Å². The van der Waals surface area contributed by atoms with Crippen molar-refractivity contribution >= 4 is 12.0 Å². The Morgan fingerprint density at radius 3 is 2.38 bits per heavy atom. The van der Waals surface area contributed by atoms with Gasteiger partial charge in [0, 0.05) is 0 Å². The van der Waals surface area contributed by atoms with Gasteiger partial charge in [-0.05, 0) is 24.8 Å². The minimum Gasteiger partial charge on any atom is -0.481 e. The number of hydrogen-bond acceptors (Lipinski definition) is 1. The van der Waals surface area contributed by atoms with Crippen LogP contribution < -0.4 is 0 Å². The maximum absolute atomic E-state index is 9.76. The summed E-state index contributed by atoms with van der Waals surface area (Å²) in [6.07, 6.45) is 7.20. The summed E-state index contributed by atoms with van der Waals surface area (Å²) in [7, 11) is 0. The Kier molecular flexibility index (Phi) is 5.34. The Hall–Kier alpha value is -1.57. The lowest BCUT2D eigenvalue weighted by molar-refractivity contribution is -0.138. The first kappa shape index (κ1) is 12.5. The van der Waals surface area contributed by atoms with Crippen molar-refractivity contribution in [3.8, 4) is 0 Å². The summed E-state index contributed by atoms with van der Waals surface area (Å²) in [6.45, 7) is 2.14. The minimum absolute atomic E-state index is 0.0185. The highest BCUT2D eigenvalue weighted by molar-refractivity contribution is 5.72. The van der Waals surface area contributed by atoms with Gasteiger partial charge < -0.3 is 5.11 Å². The Labute approximate surface area is 96.6 Å². The number of carbonyl (C=O) groups is 1. The number of rotatable bonds is 3. The molecule has 0 radical (unpaired) electrons. The maximum Gasteiger partial charge on any atom is 0.306 e. The molecule has 16 heavy (non-hydrogen) atoms. The van der Waals surface area contributed by atoms with Gasteiger partial charge in [0.15, 0.2) is 0 Å². The van der Waals surface area contributed by atoms with E-state index in [-0.39, 0.29) is 5.92 Å². The molecule has 1 aliphatic rings. The van der Waals surface area contributed by atoms with Crippen LogP contribution in [-0.2, 0) is 4.79 Å². The molecule has 0 saturated heterocycles. The highest BCUT2D eigenvalue weighted by Crippen LogP contribution is 2.28. The molecule has 1 aromatic carbocycles. The highest BCUT2D eigenvalue weighted by Gasteiger charge is 2.28. The van der Waals surface area contributed by atoms with Crippen LogP contribution in [0, 0.1) is 5.92 Å². The summed E-state index contributed by atoms with van der Waals surface area (Å²) < 4.78 is 0. The summed E-state index contributed by atoms with van der Waals surface area (Å²) in [4.78, 5) is 9.76. The van der Waals surface area contributed by atoms with Gasteiger partial charge >= 0.3 is 5.97 Å². The fraction of sp³-hybridized carbons (Fsp3) is 0.357. The molecule has 0 heterocycles. The normalized spacial score (nSPS) is 14.3. The van der Waals surface area contributed by atoms with Gasteiger partial charge in [-0.2, -0.15) is 0 Å². The first-order chi connectivity index (χ1) is 7.74. The molecule has 2 rings (SSSR count). The van der Waals surface area contributed by atoms with Crippen LogP contribution in [0.2, 0.25) is 0 Å². The Morgan fingerprint density at radius 1 is 1.38 bits per heavy atom. The predicted octanol–water partition coefficient (Wildman–Crippen LogP) is 3.59. The number of benzene rings is 1. The average Bonchev–Trinajstić information content (AvgIpc) is 3.12. The molecular formula is C14H18O2. The number of hydrogen-bond donors (Lipinski definition) is 1. The lowest BCUT2D eigenvalue weighted by Gasteiger charge is -1.88. The maximum atomic E-state index is 9.76. The second-order valence-corrected chi connectivity index (χ2v) is 3.83. The summed E-state index contributed by atoms with van der Waals surface area (Å²) in [5.74, 6) is -0.611. The second-order valence-electron chi connectivity index (χ2n) is 3.83. The molecule has 0 atom stereocenters. The van der Waals surface area contributed by atoms with Crippen LogP contribution in [0.5, 0.6) is 0 Å². The van der Waals surface area contributed by atoms with Crippen molar-refractivity contribution in [3.05, 3.63) is 42.0 Å². The standard InChI is InChI=1S/C10H12.C4H6O2/c1-2-3-7-10-8-5-4-6-9-10;5-4(6)3-1-2-3/h3-9H,2H2,1H3;3H,1-2H2,(H,5,6)/b7-3-;. The molecule has 1 saturated carbocycles. The molecule has 1 N–H and O–H groups in total. The number of carboxylic acids is 1. The van der Waals surface area contributed by atoms with Gasteiger partial charge in [-0.1, -0.05) is 49.4 Å². The van der Waals surface area contributed by atoms with E-state index in [1.165, 1.54) is 5.56 Å². The zero-order valence-corrected chi connectivity index (χ0v) is 9.60. The van der Waals surface area contributed by atoms with Crippen molar-refractivity contribution in [2.24, 2.45) is 5.92 Å². The van der Waals surface area contributed by atoms with Crippen LogP contribution in [-0.4, -0.2) is 11.1 Å². The van der Waals surface area contributed by atoms with Crippen molar-refractivity contribution < 1.29 is 9.90 Å². The topological polar surface area (TPSA) is 37.3 Å². The van der Waals surface area contributed by atoms with Crippen molar-refractivity contribution in [3.63, 3.8) is 0 Å². The van der Waals surface area contributed by atoms with E-state index in [1.807, 2.05) is 6.07 Å². The van der Waals surface area contributed by atoms with Crippen LogP contribution in [0.4, 0.5) is 0 Å².